The number of rotatable bonds is 4. The quantitative estimate of drug-likeness (QED) is 0.531. The Hall–Kier alpha value is -3.14. The first kappa shape index (κ1) is 25.0. The van der Waals surface area contributed by atoms with Crippen molar-refractivity contribution in [2.24, 2.45) is 0 Å². The predicted molar refractivity (Wildman–Crippen MR) is 135 cm³/mol. The lowest BCUT2D eigenvalue weighted by Crippen LogP contribution is -2.45. The Balaban J connectivity index is 1.64. The van der Waals surface area contributed by atoms with Gasteiger partial charge >= 0.3 is 6.09 Å². The van der Waals surface area contributed by atoms with Gasteiger partial charge in [0.1, 0.15) is 17.7 Å². The Kier molecular flexibility index (Phi) is 6.77. The molecule has 1 atom stereocenters. The fourth-order valence-electron chi connectivity index (χ4n) is 4.31. The van der Waals surface area contributed by atoms with Crippen LogP contribution in [0.2, 0.25) is 0 Å². The van der Waals surface area contributed by atoms with Gasteiger partial charge in [-0.2, -0.15) is 0 Å². The van der Waals surface area contributed by atoms with E-state index in [-0.39, 0.29) is 17.0 Å². The van der Waals surface area contributed by atoms with Gasteiger partial charge in [-0.25, -0.2) is 27.2 Å². The van der Waals surface area contributed by atoms with Crippen molar-refractivity contribution in [3.63, 3.8) is 0 Å². The number of likely N-dealkylation sites (N-methyl/N-ethyl adjacent to an activating group) is 1. The highest BCUT2D eigenvalue weighted by Crippen LogP contribution is 2.29. The topological polar surface area (TPSA) is 97.6 Å². The average Bonchev–Trinajstić information content (AvgIpc) is 3.08. The van der Waals surface area contributed by atoms with Gasteiger partial charge in [-0.15, -0.1) is 0 Å². The number of carbonyl (C=O) groups is 1. The second-order valence-electron chi connectivity index (χ2n) is 10.1. The molecule has 0 radical (unpaired) electrons. The Morgan fingerprint density at radius 2 is 1.83 bits per heavy atom. The third-order valence-electron chi connectivity index (χ3n) is 6.19. The van der Waals surface area contributed by atoms with Crippen LogP contribution < -0.4 is 4.90 Å². The summed E-state index contributed by atoms with van der Waals surface area (Å²) in [4.78, 5) is 25.5. The first-order chi connectivity index (χ1) is 16.5. The number of anilines is 1. The van der Waals surface area contributed by atoms with Gasteiger partial charge in [0.15, 0.2) is 5.65 Å². The lowest BCUT2D eigenvalue weighted by Gasteiger charge is -2.33. The molecule has 1 aliphatic heterocycles. The summed E-state index contributed by atoms with van der Waals surface area (Å²) in [6.07, 6.45) is 5.33. The number of aryl methyl sites for hydroxylation is 1. The number of likely N-dealkylation sites (tertiary alicyclic amines) is 1. The highest BCUT2D eigenvalue weighted by Gasteiger charge is 2.30. The van der Waals surface area contributed by atoms with Crippen LogP contribution in [0.3, 0.4) is 0 Å². The summed E-state index contributed by atoms with van der Waals surface area (Å²) in [6, 6.07) is 8.48. The van der Waals surface area contributed by atoms with Crippen LogP contribution in [0.5, 0.6) is 0 Å². The Morgan fingerprint density at radius 1 is 1.11 bits per heavy atom. The van der Waals surface area contributed by atoms with E-state index in [9.17, 15) is 13.2 Å². The molecule has 1 fully saturated rings. The molecule has 1 unspecified atom stereocenters. The number of nitrogens with zero attached hydrogens (tertiary/aromatic N) is 5. The summed E-state index contributed by atoms with van der Waals surface area (Å²) in [5, 5.41) is 0.638. The van der Waals surface area contributed by atoms with E-state index < -0.39 is 15.6 Å². The summed E-state index contributed by atoms with van der Waals surface area (Å²) >= 11 is 0. The molecular formula is C25H33N5O4S. The van der Waals surface area contributed by atoms with E-state index in [0.717, 1.165) is 24.8 Å². The van der Waals surface area contributed by atoms with Crippen LogP contribution in [0.1, 0.15) is 45.6 Å². The van der Waals surface area contributed by atoms with Crippen LogP contribution in [-0.4, -0.2) is 65.1 Å². The molecule has 9 nitrogen and oxygen atoms in total. The number of fused-ring (bicyclic) bond motifs is 1. The Labute approximate surface area is 206 Å². The van der Waals surface area contributed by atoms with E-state index in [4.69, 9.17) is 4.74 Å². The molecule has 0 spiro atoms. The molecule has 1 saturated heterocycles. The van der Waals surface area contributed by atoms with Crippen molar-refractivity contribution in [1.82, 2.24) is 18.8 Å². The molecule has 0 bridgehead atoms. The van der Waals surface area contributed by atoms with Gasteiger partial charge in [-0.1, -0.05) is 17.7 Å². The molecule has 0 N–H and O–H groups in total. The van der Waals surface area contributed by atoms with Crippen molar-refractivity contribution < 1.29 is 17.9 Å². The van der Waals surface area contributed by atoms with Gasteiger partial charge in [-0.3, -0.25) is 0 Å². The van der Waals surface area contributed by atoms with E-state index >= 15 is 0 Å². The molecular weight excluding hydrogens is 466 g/mol. The number of hydrogen-bond acceptors (Lipinski definition) is 7. The smallest absolute Gasteiger partial charge is 0.410 e. The van der Waals surface area contributed by atoms with Gasteiger partial charge in [0.05, 0.1) is 10.3 Å². The molecule has 3 heterocycles. The lowest BCUT2D eigenvalue weighted by molar-refractivity contribution is 0.0249. The summed E-state index contributed by atoms with van der Waals surface area (Å²) in [5.41, 5.74) is 0.742. The maximum absolute atomic E-state index is 13.3. The molecule has 1 amide bonds. The van der Waals surface area contributed by atoms with Crippen LogP contribution >= 0.6 is 0 Å². The second kappa shape index (κ2) is 9.49. The minimum Gasteiger partial charge on any atom is -0.444 e. The molecule has 1 aromatic carbocycles. The lowest BCUT2D eigenvalue weighted by atomic mass is 10.1. The van der Waals surface area contributed by atoms with Crippen molar-refractivity contribution in [3.05, 3.63) is 48.4 Å². The third kappa shape index (κ3) is 5.27. The number of benzene rings is 1. The van der Waals surface area contributed by atoms with E-state index in [0.29, 0.717) is 29.9 Å². The van der Waals surface area contributed by atoms with Crippen molar-refractivity contribution in [2.75, 3.05) is 25.0 Å². The van der Waals surface area contributed by atoms with Crippen LogP contribution in [0.15, 0.2) is 47.8 Å². The Bertz CT molecular complexity index is 1310. The molecule has 0 saturated carbocycles. The van der Waals surface area contributed by atoms with E-state index in [1.165, 1.54) is 16.5 Å². The third-order valence-corrected chi connectivity index (χ3v) is 7.87. The molecule has 1 aliphatic rings. The predicted octanol–water partition coefficient (Wildman–Crippen LogP) is 4.20. The standard InChI is InChI=1S/C25H33N5O4S/c1-18-9-11-20(12-10-18)35(32,33)30-15-13-21-22(26-17-27-23(21)30)28(5)19-8-6-7-14-29(16-19)24(31)34-25(2,3)4/h9-13,15,17,19H,6-8,14,16H2,1-5H3. The first-order valence-electron chi connectivity index (χ1n) is 11.8. The molecule has 0 aliphatic carbocycles. The van der Waals surface area contributed by atoms with Crippen molar-refractivity contribution in [2.45, 2.75) is 63.5 Å². The zero-order valence-corrected chi connectivity index (χ0v) is 21.7. The van der Waals surface area contributed by atoms with Crippen LogP contribution in [0.4, 0.5) is 10.6 Å². The highest BCUT2D eigenvalue weighted by molar-refractivity contribution is 7.90. The van der Waals surface area contributed by atoms with E-state index in [2.05, 4.69) is 9.97 Å². The van der Waals surface area contributed by atoms with Crippen molar-refractivity contribution in [1.29, 1.82) is 0 Å². The SMILES string of the molecule is Cc1ccc(S(=O)(=O)n2ccc3c(N(C)C4CCCCN(C(=O)OC(C)(C)C)C4)ncnc32)cc1. The number of ether oxygens (including phenoxy) is 1. The first-order valence-corrected chi connectivity index (χ1v) is 13.3. The molecule has 2 aromatic heterocycles. The largest absolute Gasteiger partial charge is 0.444 e. The monoisotopic (exact) mass is 499 g/mol. The van der Waals surface area contributed by atoms with Crippen LogP contribution in [0.25, 0.3) is 11.0 Å². The summed E-state index contributed by atoms with van der Waals surface area (Å²) in [6.45, 7) is 8.63. The Morgan fingerprint density at radius 3 is 2.51 bits per heavy atom. The summed E-state index contributed by atoms with van der Waals surface area (Å²) in [7, 11) is -1.88. The molecule has 35 heavy (non-hydrogen) atoms. The number of hydrogen-bond donors (Lipinski definition) is 0. The van der Waals surface area contributed by atoms with E-state index in [1.807, 2.05) is 39.6 Å². The van der Waals surface area contributed by atoms with E-state index in [1.54, 1.807) is 35.2 Å². The fourth-order valence-corrected chi connectivity index (χ4v) is 5.62. The van der Waals surface area contributed by atoms with Gasteiger partial charge < -0.3 is 14.5 Å². The van der Waals surface area contributed by atoms with Crippen molar-refractivity contribution >= 4 is 33.0 Å². The zero-order valence-electron chi connectivity index (χ0n) is 20.9. The van der Waals surface area contributed by atoms with Gasteiger partial charge in [-0.05, 0) is 65.2 Å². The van der Waals surface area contributed by atoms with Crippen molar-refractivity contribution in [3.8, 4) is 0 Å². The maximum Gasteiger partial charge on any atom is 0.410 e. The highest BCUT2D eigenvalue weighted by atomic mass is 32.2. The average molecular weight is 500 g/mol. The minimum absolute atomic E-state index is 0.000161. The molecule has 3 aromatic rings. The maximum atomic E-state index is 13.3. The number of aromatic nitrogens is 3. The number of amides is 1. The summed E-state index contributed by atoms with van der Waals surface area (Å²) in [5.74, 6) is 0.629. The normalized spacial score (nSPS) is 17.3. The molecule has 4 rings (SSSR count). The van der Waals surface area contributed by atoms with Gasteiger partial charge in [0, 0.05) is 32.4 Å². The van der Waals surface area contributed by atoms with Crippen LogP contribution in [-0.2, 0) is 14.8 Å². The van der Waals surface area contributed by atoms with Gasteiger partial charge in [0.2, 0.25) is 0 Å². The van der Waals surface area contributed by atoms with Gasteiger partial charge in [0.25, 0.3) is 10.0 Å². The number of carbonyl (C=O) groups excluding carboxylic acids is 1. The molecule has 188 valence electrons. The second-order valence-corrected chi connectivity index (χ2v) is 11.9. The van der Waals surface area contributed by atoms with Crippen LogP contribution in [0, 0.1) is 6.92 Å². The summed E-state index contributed by atoms with van der Waals surface area (Å²) < 4.78 is 33.4. The zero-order chi connectivity index (χ0) is 25.4. The molecule has 10 heteroatoms. The fraction of sp³-hybridized carbons (Fsp3) is 0.480. The minimum atomic E-state index is -3.81.